The Bertz CT molecular complexity index is 546. The van der Waals surface area contributed by atoms with E-state index < -0.39 is 11.0 Å². The fourth-order valence-electron chi connectivity index (χ4n) is 2.62. The molecule has 21 heavy (non-hydrogen) atoms. The Kier molecular flexibility index (Phi) is 4.62. The first kappa shape index (κ1) is 15.1. The van der Waals surface area contributed by atoms with E-state index in [4.69, 9.17) is 9.47 Å². The van der Waals surface area contributed by atoms with Gasteiger partial charge in [0.1, 0.15) is 17.5 Å². The van der Waals surface area contributed by atoms with Crippen LogP contribution in [0.1, 0.15) is 19.3 Å². The number of nitrogens with zero attached hydrogens (tertiary/aromatic N) is 2. The average Bonchev–Trinajstić information content (AvgIpc) is 2.53. The monoisotopic (exact) mass is 294 g/mol. The Morgan fingerprint density at radius 1 is 1.38 bits per heavy atom. The average molecular weight is 294 g/mol. The highest BCUT2D eigenvalue weighted by molar-refractivity contribution is 5.82. The van der Waals surface area contributed by atoms with Crippen molar-refractivity contribution < 1.29 is 19.2 Å². The fraction of sp³-hybridized carbons (Fsp3) is 0.500. The van der Waals surface area contributed by atoms with Crippen molar-refractivity contribution in [3.05, 3.63) is 28.3 Å². The number of hydrogen-bond acceptors (Lipinski definition) is 6. The molecule has 1 atom stereocenters. The zero-order chi connectivity index (χ0) is 15.4. The van der Waals surface area contributed by atoms with Gasteiger partial charge in [0.15, 0.2) is 0 Å². The van der Waals surface area contributed by atoms with Gasteiger partial charge in [-0.2, -0.15) is 0 Å². The Morgan fingerprint density at radius 3 is 2.76 bits per heavy atom. The van der Waals surface area contributed by atoms with Gasteiger partial charge in [0.25, 0.3) is 5.69 Å². The maximum absolute atomic E-state index is 11.9. The molecule has 114 valence electrons. The molecule has 0 amide bonds. The van der Waals surface area contributed by atoms with E-state index >= 15 is 0 Å². The molecular weight excluding hydrogens is 276 g/mol. The van der Waals surface area contributed by atoms with Gasteiger partial charge in [0, 0.05) is 18.7 Å². The molecule has 0 saturated carbocycles. The van der Waals surface area contributed by atoms with E-state index in [-0.39, 0.29) is 11.7 Å². The molecule has 0 bridgehead atoms. The zero-order valence-corrected chi connectivity index (χ0v) is 12.1. The third kappa shape index (κ3) is 3.07. The van der Waals surface area contributed by atoms with Crippen molar-refractivity contribution in [1.82, 2.24) is 0 Å². The van der Waals surface area contributed by atoms with Gasteiger partial charge >= 0.3 is 5.97 Å². The van der Waals surface area contributed by atoms with E-state index in [1.54, 1.807) is 17.0 Å². The molecule has 1 heterocycles. The van der Waals surface area contributed by atoms with Crippen LogP contribution < -0.4 is 9.64 Å². The highest BCUT2D eigenvalue weighted by atomic mass is 16.6. The van der Waals surface area contributed by atoms with E-state index in [9.17, 15) is 14.9 Å². The lowest BCUT2D eigenvalue weighted by molar-refractivity contribution is -0.384. The van der Waals surface area contributed by atoms with Gasteiger partial charge < -0.3 is 14.4 Å². The first-order valence-electron chi connectivity index (χ1n) is 6.75. The minimum absolute atomic E-state index is 0.0356. The summed E-state index contributed by atoms with van der Waals surface area (Å²) in [4.78, 5) is 24.5. The van der Waals surface area contributed by atoms with Crippen LogP contribution in [0.4, 0.5) is 11.4 Å². The quantitative estimate of drug-likeness (QED) is 0.480. The summed E-state index contributed by atoms with van der Waals surface area (Å²) in [6.07, 6.45) is 2.40. The largest absolute Gasteiger partial charge is 0.497 e. The minimum atomic E-state index is -0.491. The summed E-state index contributed by atoms with van der Waals surface area (Å²) in [6.45, 7) is 0.577. The number of rotatable bonds is 4. The molecule has 7 nitrogen and oxygen atoms in total. The molecule has 1 aliphatic heterocycles. The summed E-state index contributed by atoms with van der Waals surface area (Å²) in [6, 6.07) is 4.05. The number of carbonyl (C=O) groups excluding carboxylic acids is 1. The van der Waals surface area contributed by atoms with E-state index in [0.29, 0.717) is 24.4 Å². The molecule has 0 aliphatic carbocycles. The van der Waals surface area contributed by atoms with Gasteiger partial charge in [-0.3, -0.25) is 10.1 Å². The number of methoxy groups -OCH3 is 2. The second-order valence-electron chi connectivity index (χ2n) is 4.84. The summed E-state index contributed by atoms with van der Waals surface area (Å²) in [5.41, 5.74) is 0.362. The molecule has 7 heteroatoms. The third-order valence-corrected chi connectivity index (χ3v) is 3.66. The van der Waals surface area contributed by atoms with Crippen molar-refractivity contribution in [2.45, 2.75) is 25.3 Å². The molecule has 0 radical (unpaired) electrons. The van der Waals surface area contributed by atoms with Crippen LogP contribution >= 0.6 is 0 Å². The maximum atomic E-state index is 11.9. The highest BCUT2D eigenvalue weighted by Crippen LogP contribution is 2.36. The normalized spacial score (nSPS) is 18.2. The van der Waals surface area contributed by atoms with Gasteiger partial charge in [-0.15, -0.1) is 0 Å². The number of nitro groups is 1. The van der Waals surface area contributed by atoms with Crippen molar-refractivity contribution in [3.8, 4) is 5.75 Å². The smallest absolute Gasteiger partial charge is 0.328 e. The fourth-order valence-corrected chi connectivity index (χ4v) is 2.62. The lowest BCUT2D eigenvalue weighted by Gasteiger charge is -2.35. The molecule has 0 N–H and O–H groups in total. The molecule has 1 aliphatic rings. The van der Waals surface area contributed by atoms with E-state index in [1.807, 2.05) is 0 Å². The van der Waals surface area contributed by atoms with Crippen LogP contribution in [-0.4, -0.2) is 37.7 Å². The minimum Gasteiger partial charge on any atom is -0.497 e. The Hall–Kier alpha value is -2.31. The number of esters is 1. The topological polar surface area (TPSA) is 81.9 Å². The number of nitro benzene ring substituents is 1. The lowest BCUT2D eigenvalue weighted by Crippen LogP contribution is -2.45. The molecule has 0 aromatic heterocycles. The van der Waals surface area contributed by atoms with Crippen molar-refractivity contribution in [2.75, 3.05) is 25.7 Å². The maximum Gasteiger partial charge on any atom is 0.328 e. The molecular formula is C14H18N2O5. The van der Waals surface area contributed by atoms with Gasteiger partial charge in [0.05, 0.1) is 19.1 Å². The van der Waals surface area contributed by atoms with Gasteiger partial charge in [-0.1, -0.05) is 0 Å². The molecule has 0 spiro atoms. The zero-order valence-electron chi connectivity index (χ0n) is 12.1. The van der Waals surface area contributed by atoms with Gasteiger partial charge in [-0.25, -0.2) is 4.79 Å². The van der Waals surface area contributed by atoms with Crippen molar-refractivity contribution in [3.63, 3.8) is 0 Å². The van der Waals surface area contributed by atoms with Crippen LogP contribution in [-0.2, 0) is 9.53 Å². The van der Waals surface area contributed by atoms with Gasteiger partial charge in [0.2, 0.25) is 0 Å². The van der Waals surface area contributed by atoms with Crippen molar-refractivity contribution >= 4 is 17.3 Å². The van der Waals surface area contributed by atoms with Crippen LogP contribution in [0.25, 0.3) is 0 Å². The summed E-state index contributed by atoms with van der Waals surface area (Å²) >= 11 is 0. The summed E-state index contributed by atoms with van der Waals surface area (Å²) < 4.78 is 9.95. The number of piperidine rings is 1. The number of hydrogen-bond donors (Lipinski definition) is 0. The third-order valence-electron chi connectivity index (χ3n) is 3.66. The Labute approximate surface area is 122 Å². The number of carbonyl (C=O) groups is 1. The molecule has 1 aromatic carbocycles. The molecule has 2 rings (SSSR count). The first-order chi connectivity index (χ1) is 10.1. The SMILES string of the molecule is COC(=O)C1CCCCN1c1cc(OC)ccc1[N+](=O)[O-]. The van der Waals surface area contributed by atoms with Crippen LogP contribution in [0.15, 0.2) is 18.2 Å². The predicted molar refractivity (Wildman–Crippen MR) is 76.6 cm³/mol. The van der Waals surface area contributed by atoms with Crippen LogP contribution in [0, 0.1) is 10.1 Å². The van der Waals surface area contributed by atoms with E-state index in [1.165, 1.54) is 20.3 Å². The highest BCUT2D eigenvalue weighted by Gasteiger charge is 2.33. The standard InChI is InChI=1S/C14H18N2O5/c1-20-10-6-7-11(16(18)19)13(9-10)15-8-4-3-5-12(15)14(17)21-2/h6-7,9,12H,3-5,8H2,1-2H3. The van der Waals surface area contributed by atoms with Crippen LogP contribution in [0.3, 0.4) is 0 Å². The summed E-state index contributed by atoms with van der Waals surface area (Å²) in [7, 11) is 2.83. The molecule has 1 aromatic rings. The number of anilines is 1. The predicted octanol–water partition coefficient (Wildman–Crippen LogP) is 2.14. The van der Waals surface area contributed by atoms with Crippen molar-refractivity contribution in [2.24, 2.45) is 0 Å². The van der Waals surface area contributed by atoms with E-state index in [0.717, 1.165) is 12.8 Å². The number of benzene rings is 1. The van der Waals surface area contributed by atoms with Crippen molar-refractivity contribution in [1.29, 1.82) is 0 Å². The number of ether oxygens (including phenoxy) is 2. The first-order valence-corrected chi connectivity index (χ1v) is 6.75. The lowest BCUT2D eigenvalue weighted by atomic mass is 10.0. The Balaban J connectivity index is 2.45. The Morgan fingerprint density at radius 2 is 2.14 bits per heavy atom. The second kappa shape index (κ2) is 6.43. The summed E-state index contributed by atoms with van der Waals surface area (Å²) in [5.74, 6) is 0.150. The second-order valence-corrected chi connectivity index (χ2v) is 4.84. The molecule has 1 fully saturated rings. The molecule has 1 saturated heterocycles. The summed E-state index contributed by atoms with van der Waals surface area (Å²) in [5, 5.41) is 11.2. The van der Waals surface area contributed by atoms with Crippen LogP contribution in [0.5, 0.6) is 5.75 Å². The van der Waals surface area contributed by atoms with Crippen LogP contribution in [0.2, 0.25) is 0 Å². The van der Waals surface area contributed by atoms with Gasteiger partial charge in [-0.05, 0) is 25.3 Å². The molecule has 1 unspecified atom stereocenters. The van der Waals surface area contributed by atoms with E-state index in [2.05, 4.69) is 0 Å².